The number of aromatic carboxylic acids is 1. The summed E-state index contributed by atoms with van der Waals surface area (Å²) in [6.45, 7) is 6.27. The first-order valence-electron chi connectivity index (χ1n) is 15.1. The van der Waals surface area contributed by atoms with E-state index in [0.717, 1.165) is 72.6 Å². The van der Waals surface area contributed by atoms with Crippen molar-refractivity contribution in [1.29, 1.82) is 5.26 Å². The number of carboxylic acid groups (broad SMARTS) is 1. The van der Waals surface area contributed by atoms with Gasteiger partial charge < -0.3 is 23.9 Å². The summed E-state index contributed by atoms with van der Waals surface area (Å²) in [5.41, 5.74) is 5.44. The number of rotatable bonds is 10. The highest BCUT2D eigenvalue weighted by atomic mass is 16.5. The molecular weight excluding hydrogens is 558 g/mol. The van der Waals surface area contributed by atoms with Crippen LogP contribution in [-0.4, -0.2) is 63.4 Å². The Bertz CT molecular complexity index is 1790. The molecule has 2 saturated heterocycles. The van der Waals surface area contributed by atoms with E-state index < -0.39 is 5.97 Å². The van der Waals surface area contributed by atoms with Crippen LogP contribution in [0.5, 0.6) is 11.6 Å². The fraction of sp³-hybridized carbons (Fsp3) is 0.412. The lowest BCUT2D eigenvalue weighted by Crippen LogP contribution is -2.37. The SMILES string of the molecule is COc1cc(C#N)ccc1COc1cccc(C23CCN(Cc4nc5c(C)cc(C(=O)O)cc5n4CC4CCO4)CC2C3)n1. The minimum absolute atomic E-state index is 0.0644. The summed E-state index contributed by atoms with van der Waals surface area (Å²) in [6, 6.07) is 16.9. The molecule has 10 heteroatoms. The highest BCUT2D eigenvalue weighted by molar-refractivity contribution is 5.94. The van der Waals surface area contributed by atoms with E-state index in [0.29, 0.717) is 42.8 Å². The lowest BCUT2D eigenvalue weighted by molar-refractivity contribution is -0.0592. The molecule has 3 fully saturated rings. The van der Waals surface area contributed by atoms with Crippen LogP contribution in [0.15, 0.2) is 48.5 Å². The molecule has 3 aliphatic rings. The van der Waals surface area contributed by atoms with Gasteiger partial charge in [-0.3, -0.25) is 4.90 Å². The maximum absolute atomic E-state index is 11.8. The number of fused-ring (bicyclic) bond motifs is 2. The van der Waals surface area contributed by atoms with E-state index in [2.05, 4.69) is 21.6 Å². The van der Waals surface area contributed by atoms with Gasteiger partial charge in [-0.1, -0.05) is 12.1 Å². The average molecular weight is 594 g/mol. The lowest BCUT2D eigenvalue weighted by atomic mass is 9.91. The Hall–Kier alpha value is -4.46. The van der Waals surface area contributed by atoms with E-state index in [1.54, 1.807) is 31.4 Å². The van der Waals surface area contributed by atoms with Crippen molar-refractivity contribution in [2.75, 3.05) is 26.8 Å². The number of carbonyl (C=O) groups is 1. The minimum atomic E-state index is -0.928. The van der Waals surface area contributed by atoms with Gasteiger partial charge in [0.05, 0.1) is 60.2 Å². The van der Waals surface area contributed by atoms with Gasteiger partial charge in [-0.15, -0.1) is 0 Å². The number of pyridine rings is 1. The van der Waals surface area contributed by atoms with Gasteiger partial charge in [-0.05, 0) is 74.5 Å². The maximum Gasteiger partial charge on any atom is 0.335 e. The van der Waals surface area contributed by atoms with Crippen LogP contribution in [-0.2, 0) is 29.8 Å². The first kappa shape index (κ1) is 28.3. The highest BCUT2D eigenvalue weighted by Gasteiger charge is 2.58. The van der Waals surface area contributed by atoms with Crippen molar-refractivity contribution in [2.24, 2.45) is 5.92 Å². The average Bonchev–Trinajstić information content (AvgIpc) is 3.65. The number of nitrogens with zero attached hydrogens (tertiary/aromatic N) is 5. The Balaban J connectivity index is 1.05. The summed E-state index contributed by atoms with van der Waals surface area (Å²) in [7, 11) is 1.59. The molecule has 10 nitrogen and oxygen atoms in total. The Morgan fingerprint density at radius 3 is 2.82 bits per heavy atom. The van der Waals surface area contributed by atoms with Crippen molar-refractivity contribution >= 4 is 17.0 Å². The van der Waals surface area contributed by atoms with Gasteiger partial charge in [-0.25, -0.2) is 14.8 Å². The standard InChI is InChI=1S/C34H35N5O5/c1-21-12-24(33(40)41)14-27-32(21)37-30(39(27)18-26-8-11-43-26)19-38-10-9-34(15-25(34)17-38)29-4-3-5-31(36-29)44-20-23-7-6-22(16-35)13-28(23)42-2/h3-7,12-14,25-26H,8-11,15,17-20H2,1-2H3,(H,40,41). The summed E-state index contributed by atoms with van der Waals surface area (Å²) in [5, 5.41) is 18.8. The van der Waals surface area contributed by atoms with Gasteiger partial charge in [0.2, 0.25) is 5.88 Å². The molecule has 2 aromatic carbocycles. The van der Waals surface area contributed by atoms with Crippen LogP contribution in [0.2, 0.25) is 0 Å². The number of imidazole rings is 1. The molecule has 3 atom stereocenters. The number of aromatic nitrogens is 3. The number of piperidine rings is 1. The third-order valence-corrected chi connectivity index (χ3v) is 9.53. The normalized spacial score (nSPS) is 22.6. The van der Waals surface area contributed by atoms with Gasteiger partial charge in [-0.2, -0.15) is 5.26 Å². The van der Waals surface area contributed by atoms with Crippen molar-refractivity contribution in [2.45, 2.75) is 57.4 Å². The summed E-state index contributed by atoms with van der Waals surface area (Å²) in [4.78, 5) is 24.2. The van der Waals surface area contributed by atoms with Crippen molar-refractivity contribution in [3.8, 4) is 17.7 Å². The largest absolute Gasteiger partial charge is 0.496 e. The van der Waals surface area contributed by atoms with Crippen LogP contribution in [0.1, 0.15) is 57.8 Å². The van der Waals surface area contributed by atoms with Crippen molar-refractivity contribution in [3.63, 3.8) is 0 Å². The van der Waals surface area contributed by atoms with Crippen molar-refractivity contribution in [3.05, 3.63) is 82.3 Å². The molecule has 7 rings (SSSR count). The predicted octanol–water partition coefficient (Wildman–Crippen LogP) is 4.85. The summed E-state index contributed by atoms with van der Waals surface area (Å²) < 4.78 is 19.5. The van der Waals surface area contributed by atoms with Crippen LogP contribution in [0.25, 0.3) is 11.0 Å². The number of benzene rings is 2. The van der Waals surface area contributed by atoms with Gasteiger partial charge in [0, 0.05) is 30.2 Å². The molecule has 2 aromatic heterocycles. The zero-order valence-electron chi connectivity index (χ0n) is 25.0. The van der Waals surface area contributed by atoms with Crippen LogP contribution in [0, 0.1) is 24.2 Å². The third-order valence-electron chi connectivity index (χ3n) is 9.53. The number of carboxylic acids is 1. The number of hydrogen-bond acceptors (Lipinski definition) is 8. The van der Waals surface area contributed by atoms with Crippen molar-refractivity contribution < 1.29 is 24.1 Å². The monoisotopic (exact) mass is 593 g/mol. The molecule has 1 aliphatic carbocycles. The molecule has 0 bridgehead atoms. The molecule has 0 radical (unpaired) electrons. The van der Waals surface area contributed by atoms with Gasteiger partial charge in [0.25, 0.3) is 0 Å². The van der Waals surface area contributed by atoms with Crippen molar-refractivity contribution in [1.82, 2.24) is 19.4 Å². The molecule has 1 N–H and O–H groups in total. The van der Waals surface area contributed by atoms with E-state index in [4.69, 9.17) is 24.2 Å². The topological polar surface area (TPSA) is 123 Å². The Morgan fingerprint density at radius 2 is 2.09 bits per heavy atom. The minimum Gasteiger partial charge on any atom is -0.496 e. The zero-order chi connectivity index (χ0) is 30.4. The molecule has 4 heterocycles. The predicted molar refractivity (Wildman–Crippen MR) is 162 cm³/mol. The second kappa shape index (κ2) is 11.2. The van der Waals surface area contributed by atoms with E-state index in [1.807, 2.05) is 25.1 Å². The molecule has 1 saturated carbocycles. The lowest BCUT2D eigenvalue weighted by Gasteiger charge is -2.32. The number of aryl methyl sites for hydroxylation is 1. The number of methoxy groups -OCH3 is 1. The van der Waals surface area contributed by atoms with Crippen LogP contribution >= 0.6 is 0 Å². The zero-order valence-corrected chi connectivity index (χ0v) is 25.0. The first-order valence-corrected chi connectivity index (χ1v) is 15.1. The molecule has 4 aromatic rings. The molecule has 3 unspecified atom stereocenters. The number of likely N-dealkylation sites (tertiary alicyclic amines) is 1. The molecule has 2 aliphatic heterocycles. The second-order valence-electron chi connectivity index (χ2n) is 12.2. The Kier molecular flexibility index (Phi) is 7.23. The smallest absolute Gasteiger partial charge is 0.335 e. The van der Waals surface area contributed by atoms with E-state index in [1.165, 1.54) is 0 Å². The van der Waals surface area contributed by atoms with E-state index in [9.17, 15) is 15.2 Å². The van der Waals surface area contributed by atoms with E-state index in [-0.39, 0.29) is 17.1 Å². The fourth-order valence-corrected chi connectivity index (χ4v) is 6.85. The molecule has 44 heavy (non-hydrogen) atoms. The first-order chi connectivity index (χ1) is 21.4. The van der Waals surface area contributed by atoms with Crippen LogP contribution in [0.4, 0.5) is 0 Å². The van der Waals surface area contributed by atoms with Gasteiger partial charge in [0.1, 0.15) is 18.2 Å². The molecular formula is C34H35N5O5. The quantitative estimate of drug-likeness (QED) is 0.275. The van der Waals surface area contributed by atoms with E-state index >= 15 is 0 Å². The second-order valence-corrected chi connectivity index (χ2v) is 12.2. The van der Waals surface area contributed by atoms with Crippen LogP contribution in [0.3, 0.4) is 0 Å². The summed E-state index contributed by atoms with van der Waals surface area (Å²) in [5.74, 6) is 1.74. The number of hydrogen-bond donors (Lipinski definition) is 1. The van der Waals surface area contributed by atoms with Gasteiger partial charge >= 0.3 is 5.97 Å². The van der Waals surface area contributed by atoms with Crippen LogP contribution < -0.4 is 9.47 Å². The fourth-order valence-electron chi connectivity index (χ4n) is 6.85. The number of ether oxygens (including phenoxy) is 3. The molecule has 226 valence electrons. The number of nitriles is 1. The molecule has 0 spiro atoms. The Labute approximate surface area is 255 Å². The Morgan fingerprint density at radius 1 is 1.23 bits per heavy atom. The van der Waals surface area contributed by atoms with Gasteiger partial charge in [0.15, 0.2) is 0 Å². The highest BCUT2D eigenvalue weighted by Crippen LogP contribution is 2.59. The summed E-state index contributed by atoms with van der Waals surface area (Å²) in [6.07, 6.45) is 3.24. The molecule has 0 amide bonds. The summed E-state index contributed by atoms with van der Waals surface area (Å²) >= 11 is 0. The third kappa shape index (κ3) is 5.16. The maximum atomic E-state index is 11.8.